The fraction of sp³-hybridized carbons (Fsp3) is 0.509. The van der Waals surface area contributed by atoms with Crippen LogP contribution in [0, 0.1) is 5.41 Å². The molecule has 1 fully saturated rings. The third-order valence-electron chi connectivity index (χ3n) is 14.2. The first-order chi connectivity index (χ1) is 40.8. The minimum absolute atomic E-state index is 0.0158. The molecule has 27 nitrogen and oxygen atoms in total. The maximum absolute atomic E-state index is 14.8. The average molecular weight is 1200 g/mol. The number of H-pyrrole nitrogens is 2. The van der Waals surface area contributed by atoms with Crippen LogP contribution < -0.4 is 70.4 Å². The molecule has 462 valence electrons. The Labute approximate surface area is 498 Å². The summed E-state index contributed by atoms with van der Waals surface area (Å²) in [5.74, 6) is -7.51. The number of thiol groups is 1. The number of unbranched alkanes of at least 4 members (excludes halogenated alkanes) is 3. The van der Waals surface area contributed by atoms with Crippen molar-refractivity contribution >= 4 is 88.6 Å². The molecular formula is C57H83N17O10S. The number of hydrogen-bond acceptors (Lipinski definition) is 14. The lowest BCUT2D eigenvalue weighted by molar-refractivity contribution is -0.136. The van der Waals surface area contributed by atoms with Crippen molar-refractivity contribution in [2.75, 3.05) is 25.4 Å². The number of hydrogen-bond donors (Lipinski definition) is 17. The average Bonchev–Trinajstić information content (AvgIpc) is 4.23. The van der Waals surface area contributed by atoms with E-state index in [1.807, 2.05) is 31.2 Å². The van der Waals surface area contributed by atoms with Crippen molar-refractivity contribution in [1.82, 2.24) is 68.1 Å². The molecule has 0 bridgehead atoms. The molecule has 4 aromatic rings. The number of amides is 10. The molecule has 1 saturated heterocycles. The summed E-state index contributed by atoms with van der Waals surface area (Å²) >= 11 is 4.04. The molecule has 3 heterocycles. The summed E-state index contributed by atoms with van der Waals surface area (Å²) in [5.41, 5.74) is 19.4. The highest BCUT2D eigenvalue weighted by molar-refractivity contribution is 7.80. The number of imidazole rings is 1. The molecule has 0 aliphatic carbocycles. The molecule has 1 aliphatic heterocycles. The second-order valence-electron chi connectivity index (χ2n) is 21.0. The number of carbonyl (C=O) groups is 10. The van der Waals surface area contributed by atoms with E-state index in [4.69, 9.17) is 22.6 Å². The zero-order valence-corrected chi connectivity index (χ0v) is 48.8. The summed E-state index contributed by atoms with van der Waals surface area (Å²) in [6.45, 7) is 2.37. The van der Waals surface area contributed by atoms with E-state index in [0.717, 1.165) is 10.9 Å². The van der Waals surface area contributed by atoms with Gasteiger partial charge in [0.2, 0.25) is 59.1 Å². The Bertz CT molecular complexity index is 2870. The van der Waals surface area contributed by atoms with E-state index in [9.17, 15) is 47.9 Å². The molecule has 0 spiro atoms. The minimum atomic E-state index is -1.64. The quantitative estimate of drug-likeness (QED) is 0.0162. The predicted molar refractivity (Wildman–Crippen MR) is 321 cm³/mol. The van der Waals surface area contributed by atoms with Gasteiger partial charge in [0, 0.05) is 74.4 Å². The Kier molecular flexibility index (Phi) is 28.1. The van der Waals surface area contributed by atoms with Crippen LogP contribution in [0.15, 0.2) is 73.3 Å². The van der Waals surface area contributed by atoms with Crippen LogP contribution in [0.1, 0.15) is 107 Å². The number of fused-ring (bicyclic) bond motifs is 1. The SMILES string of the molecule is CCCC[C@H](NC(=O)CCCCCNC(=O)[C@@H](N)CS)C(=O)N[C@H]1CC(=O)NCCCC[C@@H](C(N)=O)NC(=O)[C@H](Cc2c[nH]c3ccccc23)NC(=O)[C@H](CCCNC(=N)N)NC(=O)[C@@H](Cc2ccccc2)NC(=O)[C@H](Cc2c[nH]cn2)NC1=O. The topological polar surface area (TPSA) is 437 Å². The molecule has 2 aromatic carbocycles. The first kappa shape index (κ1) is 67.3. The Hall–Kier alpha value is -8.53. The molecule has 2 aromatic heterocycles. The van der Waals surface area contributed by atoms with Crippen LogP contribution in [0.4, 0.5) is 0 Å². The molecule has 0 unspecified atom stereocenters. The third-order valence-corrected chi connectivity index (χ3v) is 14.6. The number of rotatable bonds is 25. The van der Waals surface area contributed by atoms with E-state index in [2.05, 4.69) is 80.7 Å². The van der Waals surface area contributed by atoms with Crippen LogP contribution in [-0.4, -0.2) is 154 Å². The van der Waals surface area contributed by atoms with Crippen molar-refractivity contribution < 1.29 is 47.9 Å². The number of nitrogens with one attached hydrogen (secondary N) is 13. The van der Waals surface area contributed by atoms with Crippen LogP contribution in [0.5, 0.6) is 0 Å². The van der Waals surface area contributed by atoms with E-state index < -0.39 is 108 Å². The van der Waals surface area contributed by atoms with E-state index in [1.54, 1.807) is 36.5 Å². The number of para-hydroxylation sites is 1. The van der Waals surface area contributed by atoms with Crippen molar-refractivity contribution in [3.8, 4) is 0 Å². The number of carbonyl (C=O) groups excluding carboxylic acids is 10. The second kappa shape index (κ2) is 35.6. The normalized spacial score (nSPS) is 20.4. The molecule has 19 N–H and O–H groups in total. The molecule has 0 radical (unpaired) electrons. The summed E-state index contributed by atoms with van der Waals surface area (Å²) < 4.78 is 0. The number of nitrogens with two attached hydrogens (primary N) is 3. The van der Waals surface area contributed by atoms with Gasteiger partial charge in [-0.1, -0.05) is 74.7 Å². The highest BCUT2D eigenvalue weighted by Gasteiger charge is 2.36. The fourth-order valence-corrected chi connectivity index (χ4v) is 9.62. The lowest BCUT2D eigenvalue weighted by Crippen LogP contribution is -2.61. The van der Waals surface area contributed by atoms with E-state index in [-0.39, 0.29) is 94.9 Å². The van der Waals surface area contributed by atoms with Gasteiger partial charge in [-0.3, -0.25) is 53.4 Å². The lowest BCUT2D eigenvalue weighted by atomic mass is 10.0. The number of benzene rings is 2. The van der Waals surface area contributed by atoms with Crippen molar-refractivity contribution in [3.63, 3.8) is 0 Å². The van der Waals surface area contributed by atoms with Gasteiger partial charge in [0.25, 0.3) is 0 Å². The zero-order chi connectivity index (χ0) is 61.7. The van der Waals surface area contributed by atoms with Gasteiger partial charge in [-0.25, -0.2) is 4.98 Å². The first-order valence-electron chi connectivity index (χ1n) is 28.8. The number of guanidine groups is 1. The van der Waals surface area contributed by atoms with Crippen molar-refractivity contribution in [3.05, 3.63) is 90.1 Å². The van der Waals surface area contributed by atoms with Crippen LogP contribution in [-0.2, 0) is 67.2 Å². The van der Waals surface area contributed by atoms with E-state index in [0.29, 0.717) is 55.5 Å². The highest BCUT2D eigenvalue weighted by atomic mass is 32.1. The maximum atomic E-state index is 14.8. The van der Waals surface area contributed by atoms with Crippen LogP contribution in [0.25, 0.3) is 10.9 Å². The van der Waals surface area contributed by atoms with Crippen LogP contribution >= 0.6 is 12.6 Å². The van der Waals surface area contributed by atoms with Crippen molar-refractivity contribution in [1.29, 1.82) is 5.41 Å². The van der Waals surface area contributed by atoms with Crippen LogP contribution in [0.3, 0.4) is 0 Å². The van der Waals surface area contributed by atoms with Gasteiger partial charge >= 0.3 is 0 Å². The fourth-order valence-electron chi connectivity index (χ4n) is 9.45. The van der Waals surface area contributed by atoms with Gasteiger partial charge in [-0.05, 0) is 68.6 Å². The summed E-state index contributed by atoms with van der Waals surface area (Å²) in [6.07, 6.45) is 7.02. The predicted octanol–water partition coefficient (Wildman–Crippen LogP) is -1.12. The Morgan fingerprint density at radius 2 is 1.39 bits per heavy atom. The molecule has 1 aliphatic rings. The zero-order valence-electron chi connectivity index (χ0n) is 47.9. The number of aromatic nitrogens is 3. The molecular weight excluding hydrogens is 1110 g/mol. The third kappa shape index (κ3) is 23.2. The summed E-state index contributed by atoms with van der Waals surface area (Å²) in [5, 5.41) is 35.7. The van der Waals surface area contributed by atoms with Gasteiger partial charge in [0.1, 0.15) is 42.3 Å². The Morgan fingerprint density at radius 1 is 0.729 bits per heavy atom. The molecule has 85 heavy (non-hydrogen) atoms. The lowest BCUT2D eigenvalue weighted by Gasteiger charge is -2.28. The molecule has 0 saturated carbocycles. The minimum Gasteiger partial charge on any atom is -0.370 e. The van der Waals surface area contributed by atoms with Gasteiger partial charge < -0.3 is 80.3 Å². The summed E-state index contributed by atoms with van der Waals surface area (Å²) in [6, 6.07) is 5.57. The largest absolute Gasteiger partial charge is 0.370 e. The van der Waals surface area contributed by atoms with E-state index in [1.165, 1.54) is 12.5 Å². The van der Waals surface area contributed by atoms with Crippen molar-refractivity contribution in [2.24, 2.45) is 17.2 Å². The smallest absolute Gasteiger partial charge is 0.243 e. The highest BCUT2D eigenvalue weighted by Crippen LogP contribution is 2.20. The number of aromatic amines is 2. The first-order valence-corrected chi connectivity index (χ1v) is 29.4. The second-order valence-corrected chi connectivity index (χ2v) is 21.3. The number of nitrogens with zero attached hydrogens (tertiary/aromatic N) is 1. The van der Waals surface area contributed by atoms with Crippen molar-refractivity contribution in [2.45, 2.75) is 158 Å². The van der Waals surface area contributed by atoms with Gasteiger partial charge in [0.15, 0.2) is 5.96 Å². The molecule has 28 heteroatoms. The summed E-state index contributed by atoms with van der Waals surface area (Å²) in [4.78, 5) is 150. The Balaban J connectivity index is 1.48. The molecule has 5 rings (SSSR count). The standard InChI is InChI=1S/C57H83N17O10S/c1-2-3-18-41(68-47(75)22-8-5-12-24-64-50(78)38(58)32-85)51(79)74-46-29-48(76)63-23-13-11-20-40(49(59)77)69-54(82)44(27-35-30-66-39-19-10-9-17-37(35)39)72-52(80)42(21-14-25-65-57(60)61)70-53(81)43(26-34-15-6-4-7-16-34)71-55(83)45(73-56(46)84)28-36-31-62-33-67-36/h4,6-7,9-10,15-17,19,30-31,33,38,40-46,66,85H,2-3,5,8,11-14,18,20-29,32,58H2,1H3,(H2,59,77)(H,62,67)(H,63,76)(H,64,78)(H,68,75)(H,69,82)(H,70,81)(H,71,83)(H,72,80)(H,73,84)(H,74,79)(H4,60,61,65)/t38-,40-,41-,42-,43+,44-,45-,46-/m0/s1. The number of primary amides is 1. The van der Waals surface area contributed by atoms with Gasteiger partial charge in [-0.2, -0.15) is 12.6 Å². The van der Waals surface area contributed by atoms with Gasteiger partial charge in [-0.15, -0.1) is 0 Å². The molecule has 8 atom stereocenters. The van der Waals surface area contributed by atoms with E-state index >= 15 is 0 Å². The monoisotopic (exact) mass is 1200 g/mol. The Morgan fingerprint density at radius 3 is 2.08 bits per heavy atom. The summed E-state index contributed by atoms with van der Waals surface area (Å²) in [7, 11) is 0. The molecule has 10 amide bonds. The van der Waals surface area contributed by atoms with Gasteiger partial charge in [0.05, 0.1) is 24.5 Å². The van der Waals surface area contributed by atoms with Crippen LogP contribution in [0.2, 0.25) is 0 Å². The maximum Gasteiger partial charge on any atom is 0.243 e.